The summed E-state index contributed by atoms with van der Waals surface area (Å²) in [6, 6.07) is 14.3. The Labute approximate surface area is 177 Å². The molecule has 1 saturated heterocycles. The monoisotopic (exact) mass is 420 g/mol. The van der Waals surface area contributed by atoms with Crippen LogP contribution >= 0.6 is 0 Å². The number of rotatable bonds is 3. The molecule has 0 radical (unpaired) electrons. The summed E-state index contributed by atoms with van der Waals surface area (Å²) in [6.07, 6.45) is -0.294. The van der Waals surface area contributed by atoms with Crippen LogP contribution in [0.3, 0.4) is 0 Å². The second-order valence-corrected chi connectivity index (χ2v) is 7.28. The number of ether oxygens (including phenoxy) is 1. The van der Waals surface area contributed by atoms with Gasteiger partial charge in [0.15, 0.2) is 5.65 Å². The smallest absolute Gasteiger partial charge is 0.409 e. The highest BCUT2D eigenvalue weighted by Gasteiger charge is 2.25. The molecule has 3 heterocycles. The molecule has 9 heteroatoms. The maximum absolute atomic E-state index is 14.5. The van der Waals surface area contributed by atoms with Crippen molar-refractivity contribution in [1.82, 2.24) is 24.7 Å². The van der Waals surface area contributed by atoms with Crippen LogP contribution in [0.1, 0.15) is 6.92 Å². The fraction of sp³-hybridized carbons (Fsp3) is 0.273. The van der Waals surface area contributed by atoms with Crippen molar-refractivity contribution in [3.8, 4) is 11.3 Å². The number of carbonyl (C=O) groups is 1. The first-order chi connectivity index (χ1) is 15.2. The van der Waals surface area contributed by atoms with E-state index in [1.165, 1.54) is 6.07 Å². The van der Waals surface area contributed by atoms with E-state index in [1.807, 2.05) is 24.3 Å². The van der Waals surface area contributed by atoms with Crippen molar-refractivity contribution in [3.05, 3.63) is 54.3 Å². The van der Waals surface area contributed by atoms with Gasteiger partial charge >= 0.3 is 6.09 Å². The Kier molecular flexibility index (Phi) is 4.85. The summed E-state index contributed by atoms with van der Waals surface area (Å²) in [6.45, 7) is 4.46. The molecule has 2 aromatic carbocycles. The van der Waals surface area contributed by atoms with Gasteiger partial charge in [0.25, 0.3) is 0 Å². The van der Waals surface area contributed by atoms with E-state index >= 15 is 0 Å². The number of fused-ring (bicyclic) bond motifs is 3. The largest absolute Gasteiger partial charge is 0.450 e. The lowest BCUT2D eigenvalue weighted by Crippen LogP contribution is -2.49. The van der Waals surface area contributed by atoms with E-state index in [1.54, 1.807) is 34.5 Å². The molecule has 0 bridgehead atoms. The second kappa shape index (κ2) is 7.82. The van der Waals surface area contributed by atoms with Gasteiger partial charge in [-0.2, -0.15) is 4.52 Å². The number of benzene rings is 2. The minimum atomic E-state index is -0.371. The molecule has 8 nitrogen and oxygen atoms in total. The van der Waals surface area contributed by atoms with Crippen molar-refractivity contribution in [3.63, 3.8) is 0 Å². The van der Waals surface area contributed by atoms with E-state index in [-0.39, 0.29) is 11.9 Å². The molecule has 5 rings (SSSR count). The average molecular weight is 420 g/mol. The Balaban J connectivity index is 1.59. The summed E-state index contributed by atoms with van der Waals surface area (Å²) in [5.41, 5.74) is 2.09. The van der Waals surface area contributed by atoms with Crippen molar-refractivity contribution < 1.29 is 13.9 Å². The maximum atomic E-state index is 14.5. The lowest BCUT2D eigenvalue weighted by Gasteiger charge is -2.35. The zero-order valence-corrected chi connectivity index (χ0v) is 17.0. The number of hydrogen-bond acceptors (Lipinski definition) is 6. The van der Waals surface area contributed by atoms with Gasteiger partial charge in [0.2, 0.25) is 0 Å². The molecule has 0 saturated carbocycles. The number of amides is 1. The van der Waals surface area contributed by atoms with Gasteiger partial charge in [0.1, 0.15) is 17.3 Å². The van der Waals surface area contributed by atoms with Crippen molar-refractivity contribution in [2.45, 2.75) is 6.92 Å². The van der Waals surface area contributed by atoms with Crippen molar-refractivity contribution in [2.75, 3.05) is 37.7 Å². The Morgan fingerprint density at radius 3 is 2.58 bits per heavy atom. The summed E-state index contributed by atoms with van der Waals surface area (Å²) in [5, 5.41) is 9.42. The fourth-order valence-corrected chi connectivity index (χ4v) is 3.93. The zero-order chi connectivity index (χ0) is 21.4. The van der Waals surface area contributed by atoms with Gasteiger partial charge in [-0.25, -0.2) is 14.2 Å². The standard InChI is InChI=1S/C22H21FN6O2/c1-2-31-22(30)28-13-11-27(12-14-28)20-16-8-4-6-10-18(16)29-21(24-20)19(25-26-29)15-7-3-5-9-17(15)23/h3-10H,2,11-14H2,1H3. The third kappa shape index (κ3) is 3.31. The molecule has 4 aromatic rings. The highest BCUT2D eigenvalue weighted by Crippen LogP contribution is 2.31. The first-order valence-corrected chi connectivity index (χ1v) is 10.2. The molecular formula is C22H21FN6O2. The lowest BCUT2D eigenvalue weighted by atomic mass is 10.1. The van der Waals surface area contributed by atoms with E-state index in [0.29, 0.717) is 49.7 Å². The maximum Gasteiger partial charge on any atom is 0.409 e. The van der Waals surface area contributed by atoms with Crippen LogP contribution in [0.4, 0.5) is 15.0 Å². The van der Waals surface area contributed by atoms with Gasteiger partial charge in [0.05, 0.1) is 12.1 Å². The highest BCUT2D eigenvalue weighted by atomic mass is 19.1. The molecule has 2 aromatic heterocycles. The molecule has 0 spiro atoms. The van der Waals surface area contributed by atoms with Crippen molar-refractivity contribution >= 4 is 28.5 Å². The lowest BCUT2D eigenvalue weighted by molar-refractivity contribution is 0.105. The number of piperazine rings is 1. The first kappa shape index (κ1) is 19.2. The minimum absolute atomic E-state index is 0.294. The molecule has 1 aliphatic heterocycles. The molecule has 0 N–H and O–H groups in total. The first-order valence-electron chi connectivity index (χ1n) is 10.2. The Morgan fingerprint density at radius 1 is 1.06 bits per heavy atom. The molecule has 0 atom stereocenters. The molecule has 1 fully saturated rings. The van der Waals surface area contributed by atoms with Crippen LogP contribution in [0, 0.1) is 5.82 Å². The molecule has 1 amide bonds. The van der Waals surface area contributed by atoms with Crippen LogP contribution in [-0.2, 0) is 4.74 Å². The number of para-hydroxylation sites is 1. The van der Waals surface area contributed by atoms with Crippen LogP contribution in [-0.4, -0.2) is 63.6 Å². The fourth-order valence-electron chi connectivity index (χ4n) is 3.93. The van der Waals surface area contributed by atoms with E-state index in [4.69, 9.17) is 9.72 Å². The third-order valence-electron chi connectivity index (χ3n) is 5.47. The Morgan fingerprint density at radius 2 is 1.81 bits per heavy atom. The summed E-state index contributed by atoms with van der Waals surface area (Å²) < 4.78 is 21.2. The molecule has 1 aliphatic rings. The Hall–Kier alpha value is -3.75. The zero-order valence-electron chi connectivity index (χ0n) is 17.0. The van der Waals surface area contributed by atoms with Crippen LogP contribution in [0.15, 0.2) is 48.5 Å². The number of nitrogens with zero attached hydrogens (tertiary/aromatic N) is 6. The third-order valence-corrected chi connectivity index (χ3v) is 5.47. The number of anilines is 1. The number of hydrogen-bond donors (Lipinski definition) is 0. The normalized spacial score (nSPS) is 14.4. The topological polar surface area (TPSA) is 75.9 Å². The average Bonchev–Trinajstić information content (AvgIpc) is 3.23. The Bertz CT molecular complexity index is 1270. The quantitative estimate of drug-likeness (QED) is 0.506. The predicted molar refractivity (Wildman–Crippen MR) is 114 cm³/mol. The number of carbonyl (C=O) groups excluding carboxylic acids is 1. The minimum Gasteiger partial charge on any atom is -0.450 e. The number of aromatic nitrogens is 4. The van der Waals surface area contributed by atoms with E-state index in [2.05, 4.69) is 15.2 Å². The van der Waals surface area contributed by atoms with E-state index in [0.717, 1.165) is 16.7 Å². The van der Waals surface area contributed by atoms with Crippen molar-refractivity contribution in [2.24, 2.45) is 0 Å². The van der Waals surface area contributed by atoms with Crippen LogP contribution < -0.4 is 4.90 Å². The van der Waals surface area contributed by atoms with Crippen LogP contribution in [0.5, 0.6) is 0 Å². The van der Waals surface area contributed by atoms with Crippen LogP contribution in [0.25, 0.3) is 27.8 Å². The summed E-state index contributed by atoms with van der Waals surface area (Å²) >= 11 is 0. The van der Waals surface area contributed by atoms with Gasteiger partial charge < -0.3 is 14.5 Å². The predicted octanol–water partition coefficient (Wildman–Crippen LogP) is 3.36. The summed E-state index contributed by atoms with van der Waals surface area (Å²) in [5.74, 6) is 0.399. The molecule has 31 heavy (non-hydrogen) atoms. The summed E-state index contributed by atoms with van der Waals surface area (Å²) in [7, 11) is 0. The molecule has 0 unspecified atom stereocenters. The van der Waals surface area contributed by atoms with Gasteiger partial charge in [0, 0.05) is 37.1 Å². The molecule has 0 aliphatic carbocycles. The summed E-state index contributed by atoms with van der Waals surface area (Å²) in [4.78, 5) is 20.7. The van der Waals surface area contributed by atoms with Crippen LogP contribution in [0.2, 0.25) is 0 Å². The van der Waals surface area contributed by atoms with E-state index in [9.17, 15) is 9.18 Å². The SMILES string of the molecule is CCOC(=O)N1CCN(c2nc3c(-c4ccccc4F)nnn3c3ccccc23)CC1. The number of halogens is 1. The van der Waals surface area contributed by atoms with Gasteiger partial charge in [-0.05, 0) is 31.2 Å². The van der Waals surface area contributed by atoms with Crippen molar-refractivity contribution in [1.29, 1.82) is 0 Å². The molecular weight excluding hydrogens is 399 g/mol. The molecule has 158 valence electrons. The van der Waals surface area contributed by atoms with E-state index < -0.39 is 0 Å². The van der Waals surface area contributed by atoms with Gasteiger partial charge in [-0.3, -0.25) is 0 Å². The second-order valence-electron chi connectivity index (χ2n) is 7.28. The highest BCUT2D eigenvalue weighted by molar-refractivity contribution is 5.93. The van der Waals surface area contributed by atoms with Gasteiger partial charge in [-0.15, -0.1) is 5.10 Å². The van der Waals surface area contributed by atoms with Gasteiger partial charge in [-0.1, -0.05) is 29.5 Å².